The number of methoxy groups -OCH3 is 1. The number of rotatable bonds is 5. The van der Waals surface area contributed by atoms with Crippen molar-refractivity contribution in [1.29, 1.82) is 0 Å². The molecule has 1 N–H and O–H groups in total. The molecule has 0 bridgehead atoms. The number of benzene rings is 1. The summed E-state index contributed by atoms with van der Waals surface area (Å²) in [5, 5.41) is 3.55. The lowest BCUT2D eigenvalue weighted by Crippen LogP contribution is -2.54. The van der Waals surface area contributed by atoms with Crippen LogP contribution in [0.1, 0.15) is 25.3 Å². The van der Waals surface area contributed by atoms with E-state index in [-0.39, 0.29) is 35.5 Å². The molecule has 0 spiro atoms. The Labute approximate surface area is 184 Å². The molecule has 1 aliphatic carbocycles. The van der Waals surface area contributed by atoms with E-state index in [4.69, 9.17) is 9.47 Å². The average Bonchev–Trinajstić information content (AvgIpc) is 3.50. The maximum atomic E-state index is 11.9. The van der Waals surface area contributed by atoms with Gasteiger partial charge in [-0.1, -0.05) is 18.2 Å². The largest absolute Gasteiger partial charge is 0.496 e. The Morgan fingerprint density at radius 3 is 2.39 bits per heavy atom. The van der Waals surface area contributed by atoms with Crippen molar-refractivity contribution in [3.8, 4) is 5.75 Å². The quantitative estimate of drug-likeness (QED) is 0.381. The molecule has 28 heavy (non-hydrogen) atoms. The van der Waals surface area contributed by atoms with Gasteiger partial charge < -0.3 is 24.6 Å². The highest BCUT2D eigenvalue weighted by atomic mass is 127. The van der Waals surface area contributed by atoms with Crippen molar-refractivity contribution >= 4 is 36.0 Å². The Morgan fingerprint density at radius 1 is 1.18 bits per heavy atom. The summed E-state index contributed by atoms with van der Waals surface area (Å²) in [5.74, 6) is 1.84. The van der Waals surface area contributed by atoms with Gasteiger partial charge in [-0.2, -0.15) is 0 Å². The van der Waals surface area contributed by atoms with E-state index in [9.17, 15) is 4.79 Å². The van der Waals surface area contributed by atoms with Crippen molar-refractivity contribution in [3.05, 3.63) is 29.8 Å². The summed E-state index contributed by atoms with van der Waals surface area (Å²) in [6, 6.07) is 8.27. The first-order valence-electron chi connectivity index (χ1n) is 9.64. The summed E-state index contributed by atoms with van der Waals surface area (Å²) in [6.07, 6.45) is 2.07. The molecule has 2 fully saturated rings. The van der Waals surface area contributed by atoms with E-state index >= 15 is 0 Å². The second-order valence-electron chi connectivity index (χ2n) is 7.05. The number of nitrogens with one attached hydrogen (secondary N) is 1. The van der Waals surface area contributed by atoms with Crippen LogP contribution in [0.25, 0.3) is 0 Å². The highest BCUT2D eigenvalue weighted by Gasteiger charge is 2.46. The highest BCUT2D eigenvalue weighted by Crippen LogP contribution is 2.50. The van der Waals surface area contributed by atoms with Crippen LogP contribution in [0.4, 0.5) is 4.79 Å². The van der Waals surface area contributed by atoms with Gasteiger partial charge in [-0.05, 0) is 25.8 Å². The number of guanidine groups is 1. The van der Waals surface area contributed by atoms with E-state index in [2.05, 4.69) is 27.3 Å². The summed E-state index contributed by atoms with van der Waals surface area (Å²) in [7, 11) is 3.53. The van der Waals surface area contributed by atoms with E-state index in [1.807, 2.05) is 26.1 Å². The molecule has 1 aliphatic heterocycles. The Morgan fingerprint density at radius 2 is 1.82 bits per heavy atom. The molecule has 8 heteroatoms. The minimum Gasteiger partial charge on any atom is -0.496 e. The third-order valence-corrected chi connectivity index (χ3v) is 5.43. The minimum absolute atomic E-state index is 0. The van der Waals surface area contributed by atoms with Crippen LogP contribution >= 0.6 is 24.0 Å². The predicted molar refractivity (Wildman–Crippen MR) is 121 cm³/mol. The molecule has 0 radical (unpaired) electrons. The maximum Gasteiger partial charge on any atom is 0.409 e. The number of nitrogens with zero attached hydrogens (tertiary/aromatic N) is 3. The van der Waals surface area contributed by atoms with Gasteiger partial charge in [-0.15, -0.1) is 24.0 Å². The van der Waals surface area contributed by atoms with Crippen molar-refractivity contribution in [1.82, 2.24) is 15.1 Å². The summed E-state index contributed by atoms with van der Waals surface area (Å²) in [5.41, 5.74) is 1.39. The molecule has 0 unspecified atom stereocenters. The van der Waals surface area contributed by atoms with Gasteiger partial charge in [0, 0.05) is 50.7 Å². The van der Waals surface area contributed by atoms with Gasteiger partial charge in [-0.25, -0.2) is 4.79 Å². The summed E-state index contributed by atoms with van der Waals surface area (Å²) < 4.78 is 10.6. The van der Waals surface area contributed by atoms with Crippen molar-refractivity contribution in [3.63, 3.8) is 0 Å². The van der Waals surface area contributed by atoms with Crippen molar-refractivity contribution < 1.29 is 14.3 Å². The summed E-state index contributed by atoms with van der Waals surface area (Å²) in [4.78, 5) is 20.3. The lowest BCUT2D eigenvalue weighted by atomic mass is 9.95. The topological polar surface area (TPSA) is 66.4 Å². The monoisotopic (exact) mass is 502 g/mol. The number of hydrogen-bond donors (Lipinski definition) is 1. The summed E-state index contributed by atoms with van der Waals surface area (Å²) >= 11 is 0. The molecular weight excluding hydrogens is 471 g/mol. The number of aliphatic imine (C=N–C) groups is 1. The molecule has 3 rings (SSSR count). The normalized spacial score (nSPS) is 18.2. The first kappa shape index (κ1) is 22.6. The first-order chi connectivity index (χ1) is 13.1. The van der Waals surface area contributed by atoms with Crippen LogP contribution in [0, 0.1) is 0 Å². The number of carbonyl (C=O) groups is 1. The molecule has 1 amide bonds. The van der Waals surface area contributed by atoms with Crippen LogP contribution in [0.5, 0.6) is 5.75 Å². The highest BCUT2D eigenvalue weighted by molar-refractivity contribution is 14.0. The SMILES string of the molecule is CCOC(=O)N1CCN(C(=NC)NCC2(c3ccccc3OC)CC2)CC1.I. The molecule has 7 nitrogen and oxygen atoms in total. The summed E-state index contributed by atoms with van der Waals surface area (Å²) in [6.45, 7) is 5.87. The molecule has 1 saturated heterocycles. The number of ether oxygens (including phenoxy) is 2. The minimum atomic E-state index is -0.229. The zero-order chi connectivity index (χ0) is 19.3. The van der Waals surface area contributed by atoms with Gasteiger partial charge in [0.15, 0.2) is 5.96 Å². The van der Waals surface area contributed by atoms with Crippen molar-refractivity contribution in [2.24, 2.45) is 4.99 Å². The molecule has 1 saturated carbocycles. The number of para-hydroxylation sites is 1. The van der Waals surface area contributed by atoms with Gasteiger partial charge in [0.05, 0.1) is 13.7 Å². The first-order valence-corrected chi connectivity index (χ1v) is 9.64. The number of hydrogen-bond acceptors (Lipinski definition) is 4. The van der Waals surface area contributed by atoms with Gasteiger partial charge in [0.1, 0.15) is 5.75 Å². The lowest BCUT2D eigenvalue weighted by Gasteiger charge is -2.36. The zero-order valence-electron chi connectivity index (χ0n) is 16.9. The van der Waals surface area contributed by atoms with Crippen LogP contribution in [-0.4, -0.2) is 75.3 Å². The third-order valence-electron chi connectivity index (χ3n) is 5.43. The molecule has 1 aromatic rings. The van der Waals surface area contributed by atoms with Crippen LogP contribution in [-0.2, 0) is 10.2 Å². The van der Waals surface area contributed by atoms with E-state index in [1.165, 1.54) is 5.56 Å². The fourth-order valence-electron chi connectivity index (χ4n) is 3.67. The second-order valence-corrected chi connectivity index (χ2v) is 7.05. The third kappa shape index (κ3) is 5.01. The Balaban J connectivity index is 0.00000280. The van der Waals surface area contributed by atoms with Gasteiger partial charge in [-0.3, -0.25) is 4.99 Å². The van der Waals surface area contributed by atoms with Gasteiger partial charge >= 0.3 is 6.09 Å². The average molecular weight is 502 g/mol. The fourth-order valence-corrected chi connectivity index (χ4v) is 3.67. The van der Waals surface area contributed by atoms with Crippen LogP contribution in [0.15, 0.2) is 29.3 Å². The molecule has 2 aliphatic rings. The van der Waals surface area contributed by atoms with Crippen LogP contribution in [0.3, 0.4) is 0 Å². The Hall–Kier alpha value is -1.71. The Bertz CT molecular complexity index is 686. The lowest BCUT2D eigenvalue weighted by molar-refractivity contribution is 0.0914. The molecule has 1 aromatic carbocycles. The number of piperazine rings is 1. The maximum absolute atomic E-state index is 11.9. The predicted octanol–water partition coefficient (Wildman–Crippen LogP) is 2.69. The smallest absolute Gasteiger partial charge is 0.409 e. The van der Waals surface area contributed by atoms with Gasteiger partial charge in [0.25, 0.3) is 0 Å². The molecular formula is C20H31IN4O3. The van der Waals surface area contributed by atoms with Crippen molar-refractivity contribution in [2.75, 3.05) is 53.5 Å². The number of amides is 1. The zero-order valence-corrected chi connectivity index (χ0v) is 19.3. The number of halogens is 1. The fraction of sp³-hybridized carbons (Fsp3) is 0.600. The molecule has 1 heterocycles. The van der Waals surface area contributed by atoms with Crippen molar-refractivity contribution in [2.45, 2.75) is 25.2 Å². The van der Waals surface area contributed by atoms with E-state index in [0.717, 1.165) is 44.2 Å². The van der Waals surface area contributed by atoms with E-state index in [0.29, 0.717) is 19.7 Å². The molecule has 0 aromatic heterocycles. The Kier molecular flexibility index (Phi) is 8.21. The van der Waals surface area contributed by atoms with Crippen LogP contribution < -0.4 is 10.1 Å². The molecule has 0 atom stereocenters. The van der Waals surface area contributed by atoms with E-state index < -0.39 is 0 Å². The number of carbonyl (C=O) groups excluding carboxylic acids is 1. The van der Waals surface area contributed by atoms with Gasteiger partial charge in [0.2, 0.25) is 0 Å². The standard InChI is InChI=1S/C20H30N4O3.HI/c1-4-27-19(25)24-13-11-23(12-14-24)18(21-2)22-15-20(9-10-20)16-7-5-6-8-17(16)26-3;/h5-8H,4,9-15H2,1-3H3,(H,21,22);1H. The second kappa shape index (κ2) is 10.2. The van der Waals surface area contributed by atoms with E-state index in [1.54, 1.807) is 12.0 Å². The molecule has 156 valence electrons. The van der Waals surface area contributed by atoms with Crippen LogP contribution in [0.2, 0.25) is 0 Å².